The van der Waals surface area contributed by atoms with Gasteiger partial charge in [0.05, 0.1) is 12.1 Å². The third-order valence-corrected chi connectivity index (χ3v) is 4.33. The van der Waals surface area contributed by atoms with Crippen LogP contribution in [0.2, 0.25) is 0 Å². The molecular formula is C19H15FN4O3. The second-order valence-corrected chi connectivity index (χ2v) is 5.92. The number of benzene rings is 1. The van der Waals surface area contributed by atoms with Gasteiger partial charge in [0.25, 0.3) is 5.56 Å². The Morgan fingerprint density at radius 3 is 2.78 bits per heavy atom. The number of pyridine rings is 1. The second kappa shape index (κ2) is 6.31. The van der Waals surface area contributed by atoms with Crippen molar-refractivity contribution in [1.29, 1.82) is 0 Å². The van der Waals surface area contributed by atoms with Gasteiger partial charge in [-0.25, -0.2) is 14.2 Å². The Hall–Kier alpha value is -3.55. The fourth-order valence-electron chi connectivity index (χ4n) is 3.17. The maximum Gasteiger partial charge on any atom is 0.359 e. The lowest BCUT2D eigenvalue weighted by atomic mass is 10.1. The van der Waals surface area contributed by atoms with Crippen molar-refractivity contribution < 1.29 is 13.9 Å². The van der Waals surface area contributed by atoms with Gasteiger partial charge in [0.1, 0.15) is 11.3 Å². The van der Waals surface area contributed by atoms with E-state index in [0.717, 1.165) is 4.68 Å². The number of fused-ring (bicyclic) bond motifs is 3. The fraction of sp³-hybridized carbons (Fsp3) is 0.158. The number of ether oxygens (including phenoxy) is 1. The van der Waals surface area contributed by atoms with E-state index in [4.69, 9.17) is 4.74 Å². The summed E-state index contributed by atoms with van der Waals surface area (Å²) in [6.45, 7) is 1.84. The van der Waals surface area contributed by atoms with E-state index < -0.39 is 17.3 Å². The normalized spacial score (nSPS) is 11.2. The number of carbonyl (C=O) groups excluding carboxylic acids is 1. The molecule has 0 aliphatic rings. The van der Waals surface area contributed by atoms with Gasteiger partial charge >= 0.3 is 5.97 Å². The van der Waals surface area contributed by atoms with Crippen molar-refractivity contribution in [2.45, 2.75) is 6.92 Å². The molecule has 0 spiro atoms. The van der Waals surface area contributed by atoms with Crippen LogP contribution in [-0.4, -0.2) is 31.9 Å². The minimum Gasteiger partial charge on any atom is -0.461 e. The van der Waals surface area contributed by atoms with Gasteiger partial charge < -0.3 is 9.30 Å². The van der Waals surface area contributed by atoms with Crippen LogP contribution >= 0.6 is 0 Å². The molecule has 7 nitrogen and oxygen atoms in total. The maximum atomic E-state index is 13.8. The summed E-state index contributed by atoms with van der Waals surface area (Å²) in [4.78, 5) is 29.8. The number of hydrogen-bond acceptors (Lipinski definition) is 5. The molecule has 136 valence electrons. The van der Waals surface area contributed by atoms with Crippen molar-refractivity contribution in [3.05, 3.63) is 64.5 Å². The predicted molar refractivity (Wildman–Crippen MR) is 97.5 cm³/mol. The van der Waals surface area contributed by atoms with Gasteiger partial charge in [-0.1, -0.05) is 6.07 Å². The van der Waals surface area contributed by atoms with Crippen LogP contribution in [0.25, 0.3) is 27.6 Å². The van der Waals surface area contributed by atoms with Crippen LogP contribution in [0.3, 0.4) is 0 Å². The third-order valence-electron chi connectivity index (χ3n) is 4.33. The molecule has 8 heteroatoms. The molecule has 3 aromatic heterocycles. The molecule has 0 bridgehead atoms. The summed E-state index contributed by atoms with van der Waals surface area (Å²) in [6, 6.07) is 9.15. The lowest BCUT2D eigenvalue weighted by Gasteiger charge is -2.08. The van der Waals surface area contributed by atoms with Crippen molar-refractivity contribution in [3.8, 4) is 5.82 Å². The number of halogens is 1. The molecular weight excluding hydrogens is 351 g/mol. The zero-order valence-corrected chi connectivity index (χ0v) is 14.6. The Morgan fingerprint density at radius 2 is 2.07 bits per heavy atom. The molecule has 0 fully saturated rings. The van der Waals surface area contributed by atoms with Crippen LogP contribution in [0.5, 0.6) is 0 Å². The number of aromatic nitrogens is 4. The molecule has 0 radical (unpaired) electrons. The van der Waals surface area contributed by atoms with Crippen molar-refractivity contribution in [2.24, 2.45) is 7.05 Å². The zero-order chi connectivity index (χ0) is 19.1. The van der Waals surface area contributed by atoms with Gasteiger partial charge in [-0.15, -0.1) is 0 Å². The Bertz CT molecular complexity index is 1250. The summed E-state index contributed by atoms with van der Waals surface area (Å²) in [7, 11) is 1.64. The standard InChI is InChI=1S/C19H15FN4O3/c1-3-27-19(26)16-15-12-8-7-11(20)10-13(12)23(2)17(15)18(25)24(22-16)14-6-4-5-9-21-14/h4-10H,3H2,1-2H3. The molecule has 0 aliphatic carbocycles. The molecule has 0 saturated carbocycles. The quantitative estimate of drug-likeness (QED) is 0.521. The summed E-state index contributed by atoms with van der Waals surface area (Å²) in [5.41, 5.74) is 0.220. The van der Waals surface area contributed by atoms with Crippen molar-refractivity contribution in [1.82, 2.24) is 19.3 Å². The average molecular weight is 366 g/mol. The van der Waals surface area contributed by atoms with Gasteiger partial charge in [0.2, 0.25) is 0 Å². The van der Waals surface area contributed by atoms with Gasteiger partial charge in [0.15, 0.2) is 11.5 Å². The molecule has 4 rings (SSSR count). The summed E-state index contributed by atoms with van der Waals surface area (Å²) < 4.78 is 21.5. The highest BCUT2D eigenvalue weighted by molar-refractivity contribution is 6.15. The number of carbonyl (C=O) groups is 1. The van der Waals surface area contributed by atoms with E-state index in [9.17, 15) is 14.0 Å². The van der Waals surface area contributed by atoms with Gasteiger partial charge in [0, 0.05) is 24.0 Å². The van der Waals surface area contributed by atoms with Crippen molar-refractivity contribution in [2.75, 3.05) is 6.61 Å². The fourth-order valence-corrected chi connectivity index (χ4v) is 3.17. The highest BCUT2D eigenvalue weighted by Gasteiger charge is 2.24. The number of nitrogens with zero attached hydrogens (tertiary/aromatic N) is 4. The number of hydrogen-bond donors (Lipinski definition) is 0. The van der Waals surface area contributed by atoms with Crippen LogP contribution in [0.15, 0.2) is 47.4 Å². The Balaban J connectivity index is 2.19. The van der Waals surface area contributed by atoms with E-state index in [1.165, 1.54) is 24.4 Å². The summed E-state index contributed by atoms with van der Waals surface area (Å²) in [5, 5.41) is 5.12. The highest BCUT2D eigenvalue weighted by Crippen LogP contribution is 2.29. The molecule has 0 aliphatic heterocycles. The Kier molecular flexibility index (Phi) is 3.95. The second-order valence-electron chi connectivity index (χ2n) is 5.92. The smallest absolute Gasteiger partial charge is 0.359 e. The van der Waals surface area contributed by atoms with Gasteiger partial charge in [-0.3, -0.25) is 4.79 Å². The first-order valence-corrected chi connectivity index (χ1v) is 8.32. The van der Waals surface area contributed by atoms with E-state index in [2.05, 4.69) is 10.1 Å². The molecule has 0 amide bonds. The van der Waals surface area contributed by atoms with Gasteiger partial charge in [-0.2, -0.15) is 9.78 Å². The predicted octanol–water partition coefficient (Wildman–Crippen LogP) is 2.59. The number of rotatable bonds is 3. The molecule has 0 atom stereocenters. The van der Waals surface area contributed by atoms with E-state index >= 15 is 0 Å². The topological polar surface area (TPSA) is 79.0 Å². The maximum absolute atomic E-state index is 13.8. The lowest BCUT2D eigenvalue weighted by Crippen LogP contribution is -2.26. The number of esters is 1. The first-order valence-electron chi connectivity index (χ1n) is 8.32. The molecule has 0 saturated heterocycles. The van der Waals surface area contributed by atoms with E-state index in [1.807, 2.05) is 0 Å². The van der Waals surface area contributed by atoms with E-state index in [1.54, 1.807) is 36.7 Å². The SMILES string of the molecule is CCOC(=O)c1nn(-c2ccccn2)c(=O)c2c1c1ccc(F)cc1n2C. The van der Waals surface area contributed by atoms with E-state index in [0.29, 0.717) is 16.3 Å². The highest BCUT2D eigenvalue weighted by atomic mass is 19.1. The minimum absolute atomic E-state index is 0.0192. The van der Waals surface area contributed by atoms with Crippen molar-refractivity contribution in [3.63, 3.8) is 0 Å². The minimum atomic E-state index is -0.663. The third kappa shape index (κ3) is 2.57. The largest absolute Gasteiger partial charge is 0.461 e. The van der Waals surface area contributed by atoms with Crippen LogP contribution in [0.1, 0.15) is 17.4 Å². The van der Waals surface area contributed by atoms with Gasteiger partial charge in [-0.05, 0) is 37.3 Å². The van der Waals surface area contributed by atoms with E-state index in [-0.39, 0.29) is 23.6 Å². The van der Waals surface area contributed by atoms with Crippen LogP contribution in [0.4, 0.5) is 4.39 Å². The van der Waals surface area contributed by atoms with Crippen LogP contribution in [0, 0.1) is 5.82 Å². The first-order chi connectivity index (χ1) is 13.0. The molecule has 27 heavy (non-hydrogen) atoms. The zero-order valence-electron chi connectivity index (χ0n) is 14.6. The monoisotopic (exact) mass is 366 g/mol. The van der Waals surface area contributed by atoms with Crippen molar-refractivity contribution >= 4 is 27.8 Å². The molecule has 0 unspecified atom stereocenters. The average Bonchev–Trinajstić information content (AvgIpc) is 2.96. The summed E-state index contributed by atoms with van der Waals surface area (Å²) in [6.07, 6.45) is 1.52. The molecule has 4 aromatic rings. The molecule has 0 N–H and O–H groups in total. The Labute approximate surface area is 152 Å². The summed E-state index contributed by atoms with van der Waals surface area (Å²) in [5.74, 6) is -0.834. The molecule has 3 heterocycles. The number of aryl methyl sites for hydroxylation is 1. The molecule has 1 aromatic carbocycles. The van der Waals surface area contributed by atoms with Crippen LogP contribution in [-0.2, 0) is 11.8 Å². The lowest BCUT2D eigenvalue weighted by molar-refractivity contribution is 0.0520. The van der Waals surface area contributed by atoms with Crippen LogP contribution < -0.4 is 5.56 Å². The Morgan fingerprint density at radius 1 is 1.26 bits per heavy atom. The first kappa shape index (κ1) is 16.9. The summed E-state index contributed by atoms with van der Waals surface area (Å²) >= 11 is 0.